The molecule has 0 bridgehead atoms. The lowest BCUT2D eigenvalue weighted by Gasteiger charge is -2.07. The van der Waals surface area contributed by atoms with Gasteiger partial charge in [0.15, 0.2) is 5.65 Å². The predicted molar refractivity (Wildman–Crippen MR) is 83.8 cm³/mol. The number of hydrogen-bond donors (Lipinski definition) is 1. The Morgan fingerprint density at radius 1 is 1.10 bits per heavy atom. The van der Waals surface area contributed by atoms with Gasteiger partial charge in [0.2, 0.25) is 11.8 Å². The van der Waals surface area contributed by atoms with Crippen molar-refractivity contribution in [2.45, 2.75) is 19.8 Å². The summed E-state index contributed by atoms with van der Waals surface area (Å²) >= 11 is 0. The van der Waals surface area contributed by atoms with Gasteiger partial charge in [0.25, 0.3) is 0 Å². The highest BCUT2D eigenvalue weighted by Gasteiger charge is 2.12. The highest BCUT2D eigenvalue weighted by Crippen LogP contribution is 2.24. The topological polar surface area (TPSA) is 66.0 Å². The maximum atomic E-state index is 6.04. The lowest BCUT2D eigenvalue weighted by Crippen LogP contribution is -2.02. The standard InChI is InChI=1S/C16H18N4O/c1-3-4-11-5-7-12(8-6-11)20-15-13(18-16(20)17)9-10-14(19-15)21-2/h5-10H,3-4H2,1-2H3,(H2,17,18). The average Bonchev–Trinajstić information content (AvgIpc) is 2.83. The van der Waals surface area contributed by atoms with Crippen LogP contribution in [-0.4, -0.2) is 21.6 Å². The summed E-state index contributed by atoms with van der Waals surface area (Å²) in [5.74, 6) is 0.972. The minimum atomic E-state index is 0.425. The van der Waals surface area contributed by atoms with Gasteiger partial charge in [-0.25, -0.2) is 4.98 Å². The summed E-state index contributed by atoms with van der Waals surface area (Å²) in [4.78, 5) is 8.79. The molecule has 5 heteroatoms. The Balaban J connectivity index is 2.12. The van der Waals surface area contributed by atoms with E-state index in [0.717, 1.165) is 24.0 Å². The molecule has 0 saturated carbocycles. The van der Waals surface area contributed by atoms with Gasteiger partial charge in [-0.05, 0) is 30.2 Å². The smallest absolute Gasteiger partial charge is 0.215 e. The SMILES string of the molecule is CCCc1ccc(-n2c(N)nc3ccc(OC)nc32)cc1. The molecular formula is C16H18N4O. The summed E-state index contributed by atoms with van der Waals surface area (Å²) in [6.45, 7) is 2.17. The van der Waals surface area contributed by atoms with Crippen LogP contribution in [0.1, 0.15) is 18.9 Å². The molecule has 21 heavy (non-hydrogen) atoms. The summed E-state index contributed by atoms with van der Waals surface area (Å²) in [6, 6.07) is 12.0. The molecule has 0 spiro atoms. The molecule has 0 saturated heterocycles. The maximum absolute atomic E-state index is 6.04. The zero-order valence-corrected chi connectivity index (χ0v) is 12.2. The van der Waals surface area contributed by atoms with Crippen molar-refractivity contribution in [1.29, 1.82) is 0 Å². The molecule has 0 aliphatic rings. The second-order valence-corrected chi connectivity index (χ2v) is 4.92. The molecule has 2 N–H and O–H groups in total. The normalized spacial score (nSPS) is 11.0. The van der Waals surface area contributed by atoms with E-state index in [1.807, 2.05) is 22.8 Å². The van der Waals surface area contributed by atoms with Gasteiger partial charge >= 0.3 is 0 Å². The molecule has 0 aliphatic carbocycles. The van der Waals surface area contributed by atoms with Crippen LogP contribution in [0.15, 0.2) is 36.4 Å². The number of nitrogen functional groups attached to an aromatic ring is 1. The molecular weight excluding hydrogens is 264 g/mol. The van der Waals surface area contributed by atoms with Crippen LogP contribution < -0.4 is 10.5 Å². The fraction of sp³-hybridized carbons (Fsp3) is 0.250. The summed E-state index contributed by atoms with van der Waals surface area (Å²) < 4.78 is 7.02. The quantitative estimate of drug-likeness (QED) is 0.799. The van der Waals surface area contributed by atoms with Gasteiger partial charge in [-0.1, -0.05) is 25.5 Å². The molecule has 3 rings (SSSR count). The van der Waals surface area contributed by atoms with E-state index >= 15 is 0 Å². The van der Waals surface area contributed by atoms with Gasteiger partial charge in [0.05, 0.1) is 12.8 Å². The molecule has 5 nitrogen and oxygen atoms in total. The van der Waals surface area contributed by atoms with E-state index in [-0.39, 0.29) is 0 Å². The number of imidazole rings is 1. The van der Waals surface area contributed by atoms with Gasteiger partial charge in [-0.3, -0.25) is 4.57 Å². The van der Waals surface area contributed by atoms with E-state index in [1.54, 1.807) is 13.2 Å². The molecule has 2 aromatic heterocycles. The highest BCUT2D eigenvalue weighted by molar-refractivity contribution is 5.77. The molecule has 108 valence electrons. The molecule has 3 aromatic rings. The van der Waals surface area contributed by atoms with Crippen LogP contribution in [-0.2, 0) is 6.42 Å². The third kappa shape index (κ3) is 2.42. The van der Waals surface area contributed by atoms with E-state index in [0.29, 0.717) is 17.5 Å². The third-order valence-corrected chi connectivity index (χ3v) is 3.45. The number of fused-ring (bicyclic) bond motifs is 1. The Labute approximate surface area is 123 Å². The molecule has 0 unspecified atom stereocenters. The summed E-state index contributed by atoms with van der Waals surface area (Å²) in [6.07, 6.45) is 2.21. The summed E-state index contributed by atoms with van der Waals surface area (Å²) in [5, 5.41) is 0. The first-order valence-electron chi connectivity index (χ1n) is 7.01. The van der Waals surface area contributed by atoms with Gasteiger partial charge in [0, 0.05) is 6.07 Å². The fourth-order valence-corrected chi connectivity index (χ4v) is 2.43. The first-order valence-corrected chi connectivity index (χ1v) is 7.01. The highest BCUT2D eigenvalue weighted by atomic mass is 16.5. The number of anilines is 1. The van der Waals surface area contributed by atoms with Crippen molar-refractivity contribution in [3.8, 4) is 11.6 Å². The van der Waals surface area contributed by atoms with Crippen LogP contribution in [0.25, 0.3) is 16.9 Å². The van der Waals surface area contributed by atoms with Gasteiger partial charge in [0.1, 0.15) is 5.52 Å². The van der Waals surface area contributed by atoms with Gasteiger partial charge < -0.3 is 10.5 Å². The predicted octanol–water partition coefficient (Wildman–Crippen LogP) is 2.96. The first kappa shape index (κ1) is 13.4. The zero-order valence-electron chi connectivity index (χ0n) is 12.2. The Kier molecular flexibility index (Phi) is 3.48. The van der Waals surface area contributed by atoms with Crippen molar-refractivity contribution in [3.05, 3.63) is 42.0 Å². The number of hydrogen-bond acceptors (Lipinski definition) is 4. The van der Waals surface area contributed by atoms with Crippen molar-refractivity contribution >= 4 is 17.1 Å². The number of rotatable bonds is 4. The van der Waals surface area contributed by atoms with E-state index in [2.05, 4.69) is 29.0 Å². The van der Waals surface area contributed by atoms with E-state index in [4.69, 9.17) is 10.5 Å². The third-order valence-electron chi connectivity index (χ3n) is 3.45. The Hall–Kier alpha value is -2.56. The lowest BCUT2D eigenvalue weighted by atomic mass is 10.1. The molecule has 1 aromatic carbocycles. The Bertz CT molecular complexity index is 762. The average molecular weight is 282 g/mol. The maximum Gasteiger partial charge on any atom is 0.215 e. The number of pyridine rings is 1. The van der Waals surface area contributed by atoms with E-state index < -0.39 is 0 Å². The van der Waals surface area contributed by atoms with Crippen LogP contribution >= 0.6 is 0 Å². The van der Waals surface area contributed by atoms with Crippen LogP contribution in [0.2, 0.25) is 0 Å². The summed E-state index contributed by atoms with van der Waals surface area (Å²) in [7, 11) is 1.60. The van der Waals surface area contributed by atoms with E-state index in [1.165, 1.54) is 5.56 Å². The van der Waals surface area contributed by atoms with Crippen LogP contribution in [0.3, 0.4) is 0 Å². The Morgan fingerprint density at radius 3 is 2.52 bits per heavy atom. The number of ether oxygens (including phenoxy) is 1. The number of methoxy groups -OCH3 is 1. The number of aryl methyl sites for hydroxylation is 1. The molecule has 0 aliphatic heterocycles. The lowest BCUT2D eigenvalue weighted by molar-refractivity contribution is 0.399. The van der Waals surface area contributed by atoms with Crippen LogP contribution in [0.5, 0.6) is 5.88 Å². The minimum Gasteiger partial charge on any atom is -0.481 e. The number of nitrogens with two attached hydrogens (primary N) is 1. The zero-order chi connectivity index (χ0) is 14.8. The van der Waals surface area contributed by atoms with Crippen LogP contribution in [0.4, 0.5) is 5.95 Å². The number of aromatic nitrogens is 3. The minimum absolute atomic E-state index is 0.425. The van der Waals surface area contributed by atoms with Crippen molar-refractivity contribution in [3.63, 3.8) is 0 Å². The Morgan fingerprint density at radius 2 is 1.86 bits per heavy atom. The fourth-order valence-electron chi connectivity index (χ4n) is 2.43. The monoisotopic (exact) mass is 282 g/mol. The van der Waals surface area contributed by atoms with Gasteiger partial charge in [-0.15, -0.1) is 0 Å². The van der Waals surface area contributed by atoms with Gasteiger partial charge in [-0.2, -0.15) is 4.98 Å². The molecule has 0 atom stereocenters. The molecule has 0 fully saturated rings. The molecule has 0 amide bonds. The second kappa shape index (κ2) is 5.44. The summed E-state index contributed by atoms with van der Waals surface area (Å²) in [5.41, 5.74) is 9.77. The number of nitrogens with zero attached hydrogens (tertiary/aromatic N) is 3. The number of benzene rings is 1. The second-order valence-electron chi connectivity index (χ2n) is 4.92. The first-order chi connectivity index (χ1) is 10.2. The van der Waals surface area contributed by atoms with Crippen molar-refractivity contribution in [2.24, 2.45) is 0 Å². The largest absolute Gasteiger partial charge is 0.481 e. The van der Waals surface area contributed by atoms with Crippen molar-refractivity contribution in [1.82, 2.24) is 14.5 Å². The van der Waals surface area contributed by atoms with Crippen molar-refractivity contribution in [2.75, 3.05) is 12.8 Å². The molecule has 2 heterocycles. The molecule has 0 radical (unpaired) electrons. The van der Waals surface area contributed by atoms with E-state index in [9.17, 15) is 0 Å². The van der Waals surface area contributed by atoms with Crippen LogP contribution in [0, 0.1) is 0 Å². The van der Waals surface area contributed by atoms with Crippen molar-refractivity contribution < 1.29 is 4.74 Å².